The van der Waals surface area contributed by atoms with E-state index in [4.69, 9.17) is 0 Å². The monoisotopic (exact) mass is 644 g/mol. The Labute approximate surface area is 250 Å². The Kier molecular flexibility index (Phi) is 9.94. The zero-order valence-electron chi connectivity index (χ0n) is 23.3. The van der Waals surface area contributed by atoms with Crippen LogP contribution in [0.5, 0.6) is 5.75 Å². The lowest BCUT2D eigenvalue weighted by atomic mass is 9.96. The first-order valence-corrected chi connectivity index (χ1v) is 13.5. The third kappa shape index (κ3) is 8.03. The average Bonchev–Trinajstić information content (AvgIpc) is 2.91. The Morgan fingerprint density at radius 2 is 1.18 bits per heavy atom. The summed E-state index contributed by atoms with van der Waals surface area (Å²) in [5.74, 6) is -10.2. The van der Waals surface area contributed by atoms with Crippen LogP contribution in [0.4, 0.5) is 48.3 Å². The summed E-state index contributed by atoms with van der Waals surface area (Å²) in [6.45, 7) is 2.03. The molecule has 238 valence electrons. The summed E-state index contributed by atoms with van der Waals surface area (Å²) in [4.78, 5) is 0. The fourth-order valence-electron chi connectivity index (χ4n) is 4.61. The number of benzene rings is 4. The van der Waals surface area contributed by atoms with Gasteiger partial charge in [0.2, 0.25) is 0 Å². The van der Waals surface area contributed by atoms with Gasteiger partial charge in [-0.05, 0) is 59.9 Å². The molecular formula is C33H23F11O. The second kappa shape index (κ2) is 13.3. The van der Waals surface area contributed by atoms with Crippen molar-refractivity contribution in [3.8, 4) is 28.0 Å². The highest BCUT2D eigenvalue weighted by Crippen LogP contribution is 2.39. The number of allylic oxidation sites excluding steroid dienone is 1. The van der Waals surface area contributed by atoms with E-state index in [0.717, 1.165) is 37.0 Å². The summed E-state index contributed by atoms with van der Waals surface area (Å²) in [7, 11) is 0. The molecule has 0 fully saturated rings. The fourth-order valence-corrected chi connectivity index (χ4v) is 4.61. The highest BCUT2D eigenvalue weighted by Gasteiger charge is 2.41. The number of halogens is 11. The summed E-state index contributed by atoms with van der Waals surface area (Å²) in [6, 6.07) is 8.78. The van der Waals surface area contributed by atoms with Crippen LogP contribution in [0.1, 0.15) is 42.9 Å². The predicted molar refractivity (Wildman–Crippen MR) is 146 cm³/mol. The first kappa shape index (κ1) is 33.5. The zero-order valence-corrected chi connectivity index (χ0v) is 23.3. The Morgan fingerprint density at radius 3 is 1.73 bits per heavy atom. The van der Waals surface area contributed by atoms with Crippen LogP contribution in [0, 0.1) is 34.9 Å². The van der Waals surface area contributed by atoms with E-state index in [2.05, 4.69) is 4.74 Å². The number of aryl methyl sites for hydroxylation is 1. The Balaban J connectivity index is 1.59. The lowest BCUT2D eigenvalue weighted by molar-refractivity contribution is -0.189. The van der Waals surface area contributed by atoms with Crippen LogP contribution >= 0.6 is 0 Å². The Morgan fingerprint density at radius 1 is 0.622 bits per heavy atom. The van der Waals surface area contributed by atoms with Gasteiger partial charge in [0.05, 0.1) is 0 Å². The third-order valence-electron chi connectivity index (χ3n) is 6.76. The molecule has 0 saturated heterocycles. The molecule has 0 saturated carbocycles. The van der Waals surface area contributed by atoms with Crippen molar-refractivity contribution < 1.29 is 53.0 Å². The number of hydrogen-bond acceptors (Lipinski definition) is 1. The van der Waals surface area contributed by atoms with Gasteiger partial charge in [0.25, 0.3) is 0 Å². The Bertz CT molecular complexity index is 1680. The van der Waals surface area contributed by atoms with Gasteiger partial charge in [-0.15, -0.1) is 0 Å². The van der Waals surface area contributed by atoms with Crippen molar-refractivity contribution >= 4 is 6.08 Å². The van der Waals surface area contributed by atoms with Gasteiger partial charge in [-0.25, -0.2) is 26.3 Å². The highest BCUT2D eigenvalue weighted by atomic mass is 19.4. The minimum absolute atomic E-state index is 0.0258. The molecule has 0 amide bonds. The van der Waals surface area contributed by atoms with E-state index in [1.54, 1.807) is 6.07 Å². The number of ether oxygens (including phenoxy) is 1. The fraction of sp³-hybridized carbons (Fsp3) is 0.212. The van der Waals surface area contributed by atoms with Crippen LogP contribution in [0.2, 0.25) is 0 Å². The quantitative estimate of drug-likeness (QED) is 0.123. The Hall–Kier alpha value is -4.35. The van der Waals surface area contributed by atoms with Crippen LogP contribution in [-0.4, -0.2) is 6.18 Å². The van der Waals surface area contributed by atoms with Gasteiger partial charge in [0.15, 0.2) is 0 Å². The first-order chi connectivity index (χ1) is 21.1. The second-order valence-corrected chi connectivity index (χ2v) is 10.1. The van der Waals surface area contributed by atoms with Gasteiger partial charge >= 0.3 is 12.3 Å². The molecule has 4 aromatic rings. The minimum Gasteiger partial charge on any atom is -0.429 e. The smallest absolute Gasteiger partial charge is 0.429 e. The third-order valence-corrected chi connectivity index (χ3v) is 6.76. The van der Waals surface area contributed by atoms with Gasteiger partial charge in [-0.1, -0.05) is 44.0 Å². The number of hydrogen-bond donors (Lipinski definition) is 0. The summed E-state index contributed by atoms with van der Waals surface area (Å²) >= 11 is 0. The van der Waals surface area contributed by atoms with E-state index in [1.165, 1.54) is 18.2 Å². The van der Waals surface area contributed by atoms with Crippen molar-refractivity contribution in [2.45, 2.75) is 44.9 Å². The highest BCUT2D eigenvalue weighted by molar-refractivity contribution is 5.72. The van der Waals surface area contributed by atoms with Crippen LogP contribution in [-0.2, 0) is 12.5 Å². The summed E-state index contributed by atoms with van der Waals surface area (Å²) in [5.41, 5.74) is -3.16. The molecule has 4 aromatic carbocycles. The van der Waals surface area contributed by atoms with Crippen molar-refractivity contribution in [3.63, 3.8) is 0 Å². The molecule has 0 aliphatic carbocycles. The average molecular weight is 645 g/mol. The van der Waals surface area contributed by atoms with E-state index in [1.807, 2.05) is 6.92 Å². The van der Waals surface area contributed by atoms with Crippen LogP contribution < -0.4 is 4.74 Å². The van der Waals surface area contributed by atoms with Crippen molar-refractivity contribution in [1.29, 1.82) is 0 Å². The first-order valence-electron chi connectivity index (χ1n) is 13.5. The molecule has 0 bridgehead atoms. The standard InChI is InChI=1S/C33H23F11O/c1-2-3-4-5-18-6-8-22(25(34)12-18)19-7-9-23(26(35)13-19)20-14-29(38)31(30(39)15-20)33(43,44)45-21-16-27(36)24(28(37)17-21)10-11-32(40,41)42/h6-17H,2-5H2,1H3. The molecule has 0 aliphatic heterocycles. The number of unbranched alkanes of at least 4 members (excludes halogenated alkanes) is 2. The van der Waals surface area contributed by atoms with Crippen LogP contribution in [0.15, 0.2) is 66.7 Å². The van der Waals surface area contributed by atoms with Gasteiger partial charge in [-0.2, -0.15) is 22.0 Å². The molecule has 1 nitrogen and oxygen atoms in total. The maximum Gasteiger partial charge on any atom is 0.432 e. The van der Waals surface area contributed by atoms with E-state index in [-0.39, 0.29) is 29.3 Å². The molecule has 0 N–H and O–H groups in total. The lowest BCUT2D eigenvalue weighted by Gasteiger charge is -2.20. The SMILES string of the molecule is CCCCCc1ccc(-c2ccc(-c3cc(F)c(C(F)(F)Oc4cc(F)c(C=CC(F)(F)F)c(F)c4)c(F)c3)c(F)c2)c(F)c1. The van der Waals surface area contributed by atoms with Crippen molar-refractivity contribution in [1.82, 2.24) is 0 Å². The van der Waals surface area contributed by atoms with Gasteiger partial charge in [0.1, 0.15) is 46.2 Å². The lowest BCUT2D eigenvalue weighted by Crippen LogP contribution is -2.25. The minimum atomic E-state index is -4.93. The van der Waals surface area contributed by atoms with Crippen LogP contribution in [0.25, 0.3) is 28.3 Å². The molecule has 0 radical (unpaired) electrons. The van der Waals surface area contributed by atoms with E-state index >= 15 is 4.39 Å². The molecular weight excluding hydrogens is 621 g/mol. The zero-order chi connectivity index (χ0) is 33.1. The molecule has 45 heavy (non-hydrogen) atoms. The molecule has 4 rings (SSSR count). The van der Waals surface area contributed by atoms with Gasteiger partial charge in [0, 0.05) is 34.9 Å². The molecule has 12 heteroatoms. The second-order valence-electron chi connectivity index (χ2n) is 10.1. The topological polar surface area (TPSA) is 9.23 Å². The van der Waals surface area contributed by atoms with E-state index < -0.39 is 81.3 Å². The summed E-state index contributed by atoms with van der Waals surface area (Å²) < 4.78 is 159. The van der Waals surface area contributed by atoms with Crippen LogP contribution in [0.3, 0.4) is 0 Å². The normalized spacial score (nSPS) is 12.3. The molecule has 0 aromatic heterocycles. The van der Waals surface area contributed by atoms with E-state index in [0.29, 0.717) is 18.6 Å². The van der Waals surface area contributed by atoms with Crippen molar-refractivity contribution in [2.75, 3.05) is 0 Å². The van der Waals surface area contributed by atoms with Gasteiger partial charge < -0.3 is 4.74 Å². The molecule has 0 heterocycles. The predicted octanol–water partition coefficient (Wildman–Crippen LogP) is 11.3. The summed E-state index contributed by atoms with van der Waals surface area (Å²) in [5, 5.41) is 0. The maximum absolute atomic E-state index is 15.1. The molecule has 0 unspecified atom stereocenters. The largest absolute Gasteiger partial charge is 0.432 e. The number of rotatable bonds is 10. The van der Waals surface area contributed by atoms with E-state index in [9.17, 15) is 43.9 Å². The molecule has 0 aliphatic rings. The van der Waals surface area contributed by atoms with Crippen molar-refractivity contribution in [2.24, 2.45) is 0 Å². The molecule has 0 spiro atoms. The summed E-state index contributed by atoms with van der Waals surface area (Å²) in [6.07, 6.45) is -6.76. The number of alkyl halides is 5. The van der Waals surface area contributed by atoms with Crippen molar-refractivity contribution in [3.05, 3.63) is 118 Å². The van der Waals surface area contributed by atoms with Gasteiger partial charge in [-0.3, -0.25) is 0 Å². The molecule has 0 atom stereocenters. The maximum atomic E-state index is 15.1.